The van der Waals surface area contributed by atoms with Gasteiger partial charge in [0.1, 0.15) is 0 Å². The van der Waals surface area contributed by atoms with Gasteiger partial charge in [-0.15, -0.1) is 0 Å². The molecular formula is C20H19NO7. The first kappa shape index (κ1) is 18.4. The minimum atomic E-state index is -1.51. The molecule has 0 spiro atoms. The molecule has 3 aliphatic rings. The fourth-order valence-electron chi connectivity index (χ4n) is 4.20. The predicted octanol–water partition coefficient (Wildman–Crippen LogP) is 0.947. The summed E-state index contributed by atoms with van der Waals surface area (Å²) in [5, 5.41) is 0. The van der Waals surface area contributed by atoms with Gasteiger partial charge < -0.3 is 14.2 Å². The third-order valence-corrected chi connectivity index (χ3v) is 5.27. The van der Waals surface area contributed by atoms with Crippen molar-refractivity contribution >= 4 is 23.8 Å². The van der Waals surface area contributed by atoms with Crippen molar-refractivity contribution in [3.63, 3.8) is 0 Å². The molecule has 0 unspecified atom stereocenters. The third kappa shape index (κ3) is 2.72. The standard InChI is InChI=1S/C20H19NO7/c1-11(22)26-19(27-12(2)23)20-9-8-14(28-20)15-16(20)18(25)21(17(15)24)10-13-6-4-3-5-7-13/h3-9,14-16,19H,10H2,1-2H3/t14-,15-,16+,20+/m1/s1. The molecule has 1 aromatic carbocycles. The lowest BCUT2D eigenvalue weighted by Gasteiger charge is -2.34. The number of imide groups is 1. The molecule has 0 N–H and O–H groups in total. The van der Waals surface area contributed by atoms with Gasteiger partial charge in [-0.25, -0.2) is 0 Å². The second-order valence-corrected chi connectivity index (χ2v) is 7.10. The number of fused-ring (bicyclic) bond motifs is 5. The van der Waals surface area contributed by atoms with Gasteiger partial charge in [0.15, 0.2) is 5.60 Å². The highest BCUT2D eigenvalue weighted by molar-refractivity contribution is 6.07. The van der Waals surface area contributed by atoms with Gasteiger partial charge in [-0.05, 0) is 11.6 Å². The second kappa shape index (κ2) is 6.56. The van der Waals surface area contributed by atoms with Crippen LogP contribution in [0.25, 0.3) is 0 Å². The molecule has 2 saturated heterocycles. The summed E-state index contributed by atoms with van der Waals surface area (Å²) in [5.41, 5.74) is -0.693. The van der Waals surface area contributed by atoms with E-state index in [-0.39, 0.29) is 12.5 Å². The number of esters is 2. The first-order valence-corrected chi connectivity index (χ1v) is 8.94. The lowest BCUT2D eigenvalue weighted by atomic mass is 9.76. The van der Waals surface area contributed by atoms with Gasteiger partial charge in [0.05, 0.1) is 24.5 Å². The zero-order valence-corrected chi connectivity index (χ0v) is 15.4. The fraction of sp³-hybridized carbons (Fsp3) is 0.400. The van der Waals surface area contributed by atoms with E-state index >= 15 is 0 Å². The van der Waals surface area contributed by atoms with Gasteiger partial charge in [0, 0.05) is 13.8 Å². The number of carbonyl (C=O) groups is 4. The van der Waals surface area contributed by atoms with Crippen molar-refractivity contribution in [3.8, 4) is 0 Å². The maximum atomic E-state index is 13.2. The van der Waals surface area contributed by atoms with Gasteiger partial charge in [0.25, 0.3) is 6.29 Å². The van der Waals surface area contributed by atoms with E-state index in [1.54, 1.807) is 12.2 Å². The molecule has 3 aliphatic heterocycles. The van der Waals surface area contributed by atoms with Gasteiger partial charge in [-0.3, -0.25) is 24.1 Å². The van der Waals surface area contributed by atoms with Crippen molar-refractivity contribution < 1.29 is 33.4 Å². The summed E-state index contributed by atoms with van der Waals surface area (Å²) in [6.07, 6.45) is 1.12. The van der Waals surface area contributed by atoms with Crippen LogP contribution in [0.15, 0.2) is 42.5 Å². The number of hydrogen-bond donors (Lipinski definition) is 0. The molecule has 4 rings (SSSR count). The number of benzene rings is 1. The fourth-order valence-corrected chi connectivity index (χ4v) is 4.20. The van der Waals surface area contributed by atoms with Crippen molar-refractivity contribution in [1.82, 2.24) is 4.90 Å². The molecule has 0 radical (unpaired) electrons. The van der Waals surface area contributed by atoms with Crippen molar-refractivity contribution in [2.24, 2.45) is 11.8 Å². The van der Waals surface area contributed by atoms with E-state index in [0.717, 1.165) is 5.56 Å². The molecule has 4 atom stereocenters. The van der Waals surface area contributed by atoms with Crippen LogP contribution in [0, 0.1) is 11.8 Å². The van der Waals surface area contributed by atoms with Crippen LogP contribution in [-0.4, -0.2) is 46.6 Å². The Morgan fingerprint density at radius 2 is 1.75 bits per heavy atom. The molecular weight excluding hydrogens is 366 g/mol. The predicted molar refractivity (Wildman–Crippen MR) is 93.0 cm³/mol. The number of likely N-dealkylation sites (tertiary alicyclic amines) is 1. The minimum absolute atomic E-state index is 0.139. The summed E-state index contributed by atoms with van der Waals surface area (Å²) >= 11 is 0. The molecule has 3 heterocycles. The Balaban J connectivity index is 1.67. The minimum Gasteiger partial charge on any atom is -0.422 e. The van der Waals surface area contributed by atoms with Crippen molar-refractivity contribution in [2.45, 2.75) is 38.4 Å². The number of amides is 2. The first-order valence-electron chi connectivity index (χ1n) is 8.94. The number of ether oxygens (including phenoxy) is 3. The Morgan fingerprint density at radius 1 is 1.11 bits per heavy atom. The molecule has 2 bridgehead atoms. The maximum absolute atomic E-state index is 13.2. The summed E-state index contributed by atoms with van der Waals surface area (Å²) in [5.74, 6) is -3.84. The molecule has 8 nitrogen and oxygen atoms in total. The van der Waals surface area contributed by atoms with Gasteiger partial charge in [-0.2, -0.15) is 0 Å². The summed E-state index contributed by atoms with van der Waals surface area (Å²) in [4.78, 5) is 50.5. The Kier molecular flexibility index (Phi) is 4.30. The van der Waals surface area contributed by atoms with E-state index in [2.05, 4.69) is 0 Å². The Morgan fingerprint density at radius 3 is 2.36 bits per heavy atom. The van der Waals surface area contributed by atoms with Crippen LogP contribution in [0.1, 0.15) is 19.4 Å². The van der Waals surface area contributed by atoms with Crippen LogP contribution in [-0.2, 0) is 39.9 Å². The van der Waals surface area contributed by atoms with Crippen LogP contribution in [0.3, 0.4) is 0 Å². The molecule has 1 aromatic rings. The van der Waals surface area contributed by atoms with Gasteiger partial charge in [-0.1, -0.05) is 36.4 Å². The molecule has 2 fully saturated rings. The van der Waals surface area contributed by atoms with Gasteiger partial charge >= 0.3 is 11.9 Å². The summed E-state index contributed by atoms with van der Waals surface area (Å²) < 4.78 is 16.2. The van der Waals surface area contributed by atoms with E-state index in [0.29, 0.717) is 0 Å². The zero-order chi connectivity index (χ0) is 20.1. The second-order valence-electron chi connectivity index (χ2n) is 7.10. The van der Waals surface area contributed by atoms with E-state index in [1.165, 1.54) is 18.7 Å². The average Bonchev–Trinajstić information content (AvgIpc) is 3.29. The van der Waals surface area contributed by atoms with Crippen LogP contribution < -0.4 is 0 Å². The van der Waals surface area contributed by atoms with Crippen molar-refractivity contribution in [2.75, 3.05) is 0 Å². The lowest BCUT2D eigenvalue weighted by Crippen LogP contribution is -2.52. The van der Waals surface area contributed by atoms with Crippen LogP contribution in [0.5, 0.6) is 0 Å². The zero-order valence-electron chi connectivity index (χ0n) is 15.4. The number of hydrogen-bond acceptors (Lipinski definition) is 7. The smallest absolute Gasteiger partial charge is 0.305 e. The third-order valence-electron chi connectivity index (χ3n) is 5.27. The highest BCUT2D eigenvalue weighted by Crippen LogP contribution is 2.54. The van der Waals surface area contributed by atoms with Crippen LogP contribution in [0.2, 0.25) is 0 Å². The van der Waals surface area contributed by atoms with Crippen LogP contribution >= 0.6 is 0 Å². The SMILES string of the molecule is CC(=O)OC(OC(C)=O)[C@@]12C=C[C@@H](O1)[C@H]1C(=O)N(Cc3ccccc3)C(=O)[C@H]12. The van der Waals surface area contributed by atoms with Gasteiger partial charge in [0.2, 0.25) is 11.8 Å². The summed E-state index contributed by atoms with van der Waals surface area (Å²) in [7, 11) is 0. The Hall–Kier alpha value is -3.00. The topological polar surface area (TPSA) is 99.2 Å². The largest absolute Gasteiger partial charge is 0.422 e. The summed E-state index contributed by atoms with van der Waals surface area (Å²) in [6.45, 7) is 2.47. The summed E-state index contributed by atoms with van der Waals surface area (Å²) in [6, 6.07) is 9.16. The van der Waals surface area contributed by atoms with Crippen molar-refractivity contribution in [3.05, 3.63) is 48.0 Å². The van der Waals surface area contributed by atoms with E-state index in [9.17, 15) is 19.2 Å². The highest BCUT2D eigenvalue weighted by atomic mass is 16.7. The quantitative estimate of drug-likeness (QED) is 0.322. The first-order chi connectivity index (χ1) is 13.3. The molecule has 0 aromatic heterocycles. The molecule has 0 saturated carbocycles. The lowest BCUT2D eigenvalue weighted by molar-refractivity contribution is -0.227. The highest BCUT2D eigenvalue weighted by Gasteiger charge is 2.71. The van der Waals surface area contributed by atoms with E-state index < -0.39 is 47.7 Å². The number of rotatable bonds is 5. The number of carbonyl (C=O) groups excluding carboxylic acids is 4. The van der Waals surface area contributed by atoms with E-state index in [4.69, 9.17) is 14.2 Å². The molecule has 8 heteroatoms. The molecule has 28 heavy (non-hydrogen) atoms. The van der Waals surface area contributed by atoms with Crippen molar-refractivity contribution in [1.29, 1.82) is 0 Å². The van der Waals surface area contributed by atoms with E-state index in [1.807, 2.05) is 30.3 Å². The average molecular weight is 385 g/mol. The molecule has 0 aliphatic carbocycles. The molecule has 146 valence electrons. The Labute approximate surface area is 161 Å². The van der Waals surface area contributed by atoms with Crippen LogP contribution in [0.4, 0.5) is 0 Å². The monoisotopic (exact) mass is 385 g/mol. The normalized spacial score (nSPS) is 30.1. The Bertz CT molecular complexity index is 864. The number of nitrogens with zero attached hydrogens (tertiary/aromatic N) is 1. The maximum Gasteiger partial charge on any atom is 0.305 e. The molecule has 2 amide bonds.